The molecule has 2 N–H and O–H groups in total. The van der Waals surface area contributed by atoms with E-state index in [-0.39, 0.29) is 6.10 Å². The van der Waals surface area contributed by atoms with Crippen molar-refractivity contribution in [1.29, 1.82) is 0 Å². The van der Waals surface area contributed by atoms with Crippen LogP contribution in [0.3, 0.4) is 0 Å². The maximum Gasteiger partial charge on any atom is 0.0703 e. The summed E-state index contributed by atoms with van der Waals surface area (Å²) in [6.45, 7) is 3.73. The molecule has 0 radical (unpaired) electrons. The molecule has 100 valence electrons. The molecule has 1 aliphatic heterocycles. The molecule has 0 aromatic heterocycles. The van der Waals surface area contributed by atoms with Crippen molar-refractivity contribution in [1.82, 2.24) is 4.90 Å². The number of likely N-dealkylation sites (N-methyl/N-ethyl adjacent to an activating group) is 1. The number of ether oxygens (including phenoxy) is 1. The van der Waals surface area contributed by atoms with Crippen molar-refractivity contribution in [2.45, 2.75) is 32.0 Å². The van der Waals surface area contributed by atoms with E-state index in [1.54, 1.807) is 0 Å². The Kier molecular flexibility index (Phi) is 4.38. The maximum atomic E-state index is 6.04. The van der Waals surface area contributed by atoms with Gasteiger partial charge in [-0.25, -0.2) is 0 Å². The fourth-order valence-electron chi connectivity index (χ4n) is 2.43. The first-order valence-corrected chi connectivity index (χ1v) is 6.80. The molecule has 0 amide bonds. The van der Waals surface area contributed by atoms with Gasteiger partial charge in [0.25, 0.3) is 0 Å². The second kappa shape index (κ2) is 5.66. The van der Waals surface area contributed by atoms with Gasteiger partial charge >= 0.3 is 0 Å². The molecule has 3 nitrogen and oxygen atoms in total. The average molecular weight is 289 g/mol. The lowest BCUT2D eigenvalue weighted by Gasteiger charge is -2.26. The van der Waals surface area contributed by atoms with Crippen molar-refractivity contribution in [3.63, 3.8) is 0 Å². The van der Waals surface area contributed by atoms with Gasteiger partial charge in [-0.1, -0.05) is 23.2 Å². The first kappa shape index (κ1) is 13.9. The van der Waals surface area contributed by atoms with Gasteiger partial charge in [0.05, 0.1) is 21.8 Å². The van der Waals surface area contributed by atoms with E-state index in [2.05, 4.69) is 18.9 Å². The van der Waals surface area contributed by atoms with Gasteiger partial charge in [0.15, 0.2) is 0 Å². The van der Waals surface area contributed by atoms with Crippen LogP contribution in [-0.2, 0) is 11.3 Å². The molecule has 0 aliphatic carbocycles. The highest BCUT2D eigenvalue weighted by Gasteiger charge is 2.27. The number of nitrogens with zero attached hydrogens (tertiary/aromatic N) is 1. The Labute approximate surface area is 118 Å². The van der Waals surface area contributed by atoms with Gasteiger partial charge in [0, 0.05) is 19.2 Å². The van der Waals surface area contributed by atoms with Crippen LogP contribution in [0.25, 0.3) is 0 Å². The fourth-order valence-corrected chi connectivity index (χ4v) is 2.96. The Morgan fingerprint density at radius 1 is 1.39 bits per heavy atom. The minimum absolute atomic E-state index is 0.273. The van der Waals surface area contributed by atoms with Crippen molar-refractivity contribution < 1.29 is 4.74 Å². The zero-order valence-corrected chi connectivity index (χ0v) is 12.1. The molecule has 5 heteroatoms. The third kappa shape index (κ3) is 2.91. The molecule has 1 fully saturated rings. The normalized spacial score (nSPS) is 23.8. The zero-order chi connectivity index (χ0) is 13.3. The summed E-state index contributed by atoms with van der Waals surface area (Å²) in [6.07, 6.45) is 1.34. The highest BCUT2D eigenvalue weighted by molar-refractivity contribution is 6.38. The molecular weight excluding hydrogens is 271 g/mol. The van der Waals surface area contributed by atoms with Gasteiger partial charge in [0.1, 0.15) is 0 Å². The van der Waals surface area contributed by atoms with E-state index in [1.807, 2.05) is 12.1 Å². The SMILES string of the molecule is CC1OCCC1N(C)Cc1cc(Cl)c(N)c(Cl)c1. The molecule has 0 spiro atoms. The Morgan fingerprint density at radius 2 is 2.00 bits per heavy atom. The molecule has 1 aromatic rings. The van der Waals surface area contributed by atoms with Crippen LogP contribution in [0.2, 0.25) is 10.0 Å². The van der Waals surface area contributed by atoms with Gasteiger partial charge in [-0.05, 0) is 38.1 Å². The van der Waals surface area contributed by atoms with E-state index >= 15 is 0 Å². The highest BCUT2D eigenvalue weighted by Crippen LogP contribution is 2.30. The van der Waals surface area contributed by atoms with Crippen LogP contribution in [0.1, 0.15) is 18.9 Å². The number of hydrogen-bond acceptors (Lipinski definition) is 3. The van der Waals surface area contributed by atoms with Gasteiger partial charge in [-0.2, -0.15) is 0 Å². The summed E-state index contributed by atoms with van der Waals surface area (Å²) in [4.78, 5) is 2.27. The summed E-state index contributed by atoms with van der Waals surface area (Å²) in [7, 11) is 2.09. The lowest BCUT2D eigenvalue weighted by Crippen LogP contribution is -2.36. The molecule has 1 saturated heterocycles. The highest BCUT2D eigenvalue weighted by atomic mass is 35.5. The largest absolute Gasteiger partial charge is 0.396 e. The van der Waals surface area contributed by atoms with E-state index < -0.39 is 0 Å². The van der Waals surface area contributed by atoms with Crippen molar-refractivity contribution in [2.24, 2.45) is 0 Å². The summed E-state index contributed by atoms with van der Waals surface area (Å²) in [5.41, 5.74) is 7.25. The van der Waals surface area contributed by atoms with Crippen molar-refractivity contribution >= 4 is 28.9 Å². The van der Waals surface area contributed by atoms with Crippen LogP contribution in [0.15, 0.2) is 12.1 Å². The monoisotopic (exact) mass is 288 g/mol. The van der Waals surface area contributed by atoms with E-state index in [0.717, 1.165) is 25.1 Å². The number of nitrogens with two attached hydrogens (primary N) is 1. The van der Waals surface area contributed by atoms with Crippen LogP contribution in [0, 0.1) is 0 Å². The van der Waals surface area contributed by atoms with Crippen LogP contribution < -0.4 is 5.73 Å². The average Bonchev–Trinajstić information content (AvgIpc) is 2.72. The van der Waals surface area contributed by atoms with Gasteiger partial charge < -0.3 is 10.5 Å². The van der Waals surface area contributed by atoms with Crippen LogP contribution >= 0.6 is 23.2 Å². The Hall–Kier alpha value is -0.480. The second-order valence-electron chi connectivity index (χ2n) is 4.82. The minimum atomic E-state index is 0.273. The predicted molar refractivity (Wildman–Crippen MR) is 76.2 cm³/mol. The number of nitrogen functional groups attached to an aromatic ring is 1. The standard InChI is InChI=1S/C13H18Cl2N2O/c1-8-12(3-4-18-8)17(2)7-9-5-10(14)13(16)11(15)6-9/h5-6,8,12H,3-4,7,16H2,1-2H3. The Balaban J connectivity index is 2.09. The van der Waals surface area contributed by atoms with Crippen LogP contribution in [-0.4, -0.2) is 30.7 Å². The molecule has 0 bridgehead atoms. The van der Waals surface area contributed by atoms with E-state index in [9.17, 15) is 0 Å². The molecule has 18 heavy (non-hydrogen) atoms. The van der Waals surface area contributed by atoms with Crippen molar-refractivity contribution in [2.75, 3.05) is 19.4 Å². The third-order valence-corrected chi connectivity index (χ3v) is 4.10. The molecular formula is C13H18Cl2N2O. The molecule has 2 atom stereocenters. The number of rotatable bonds is 3. The number of halogens is 2. The van der Waals surface area contributed by atoms with E-state index in [4.69, 9.17) is 33.7 Å². The number of benzene rings is 1. The quantitative estimate of drug-likeness (QED) is 0.869. The summed E-state index contributed by atoms with van der Waals surface area (Å²) in [6, 6.07) is 4.19. The minimum Gasteiger partial charge on any atom is -0.396 e. The molecule has 2 rings (SSSR count). The van der Waals surface area contributed by atoms with Crippen LogP contribution in [0.5, 0.6) is 0 Å². The molecule has 2 unspecified atom stereocenters. The summed E-state index contributed by atoms with van der Waals surface area (Å²) in [5.74, 6) is 0. The van der Waals surface area contributed by atoms with E-state index in [0.29, 0.717) is 21.8 Å². The number of anilines is 1. The predicted octanol–water partition coefficient (Wildman–Crippen LogP) is 3.18. The summed E-state index contributed by atoms with van der Waals surface area (Å²) in [5, 5.41) is 1.03. The lowest BCUT2D eigenvalue weighted by molar-refractivity contribution is 0.0814. The topological polar surface area (TPSA) is 38.5 Å². The molecule has 1 aromatic carbocycles. The first-order chi connectivity index (χ1) is 8.49. The van der Waals surface area contributed by atoms with Crippen molar-refractivity contribution in [3.05, 3.63) is 27.7 Å². The molecule has 1 heterocycles. The van der Waals surface area contributed by atoms with Gasteiger partial charge in [0.2, 0.25) is 0 Å². The maximum absolute atomic E-state index is 6.04. The number of hydrogen-bond donors (Lipinski definition) is 1. The summed E-state index contributed by atoms with van der Waals surface area (Å²) >= 11 is 12.1. The Morgan fingerprint density at radius 3 is 2.50 bits per heavy atom. The molecule has 1 aliphatic rings. The fraction of sp³-hybridized carbons (Fsp3) is 0.538. The van der Waals surface area contributed by atoms with Gasteiger partial charge in [-0.3, -0.25) is 4.90 Å². The zero-order valence-electron chi connectivity index (χ0n) is 10.6. The van der Waals surface area contributed by atoms with Gasteiger partial charge in [-0.15, -0.1) is 0 Å². The summed E-state index contributed by atoms with van der Waals surface area (Å²) < 4.78 is 5.58. The van der Waals surface area contributed by atoms with E-state index in [1.165, 1.54) is 0 Å². The second-order valence-corrected chi connectivity index (χ2v) is 5.63. The first-order valence-electron chi connectivity index (χ1n) is 6.04. The van der Waals surface area contributed by atoms with Crippen LogP contribution in [0.4, 0.5) is 5.69 Å². The smallest absolute Gasteiger partial charge is 0.0703 e. The van der Waals surface area contributed by atoms with Crippen molar-refractivity contribution in [3.8, 4) is 0 Å². The Bertz CT molecular complexity index is 416. The molecule has 0 saturated carbocycles. The third-order valence-electron chi connectivity index (χ3n) is 3.47. The lowest BCUT2D eigenvalue weighted by atomic mass is 10.1.